The Labute approximate surface area is 179 Å². The first kappa shape index (κ1) is 20.5. The molecule has 0 radical (unpaired) electrons. The highest BCUT2D eigenvalue weighted by Crippen LogP contribution is 2.31. The van der Waals surface area contributed by atoms with Crippen LogP contribution >= 0.6 is 0 Å². The molecule has 31 heavy (non-hydrogen) atoms. The summed E-state index contributed by atoms with van der Waals surface area (Å²) in [7, 11) is -0.178. The third kappa shape index (κ3) is 4.53. The number of nitrogens with one attached hydrogen (secondary N) is 2. The zero-order chi connectivity index (χ0) is 22.0. The molecule has 0 saturated heterocycles. The first-order chi connectivity index (χ1) is 14.9. The Balaban J connectivity index is 1.67. The van der Waals surface area contributed by atoms with Gasteiger partial charge in [0.1, 0.15) is 17.7 Å². The van der Waals surface area contributed by atoms with Gasteiger partial charge in [0.15, 0.2) is 11.5 Å². The average Bonchev–Trinajstić information content (AvgIpc) is 3.15. The van der Waals surface area contributed by atoms with E-state index < -0.39 is 10.0 Å². The predicted octanol–water partition coefficient (Wildman–Crippen LogP) is 3.55. The summed E-state index contributed by atoms with van der Waals surface area (Å²) in [5.74, 6) is 1.85. The molecule has 0 aliphatic carbocycles. The van der Waals surface area contributed by atoms with E-state index in [1.54, 1.807) is 44.9 Å². The molecule has 9 nitrogen and oxygen atoms in total. The minimum absolute atomic E-state index is 0.462. The largest absolute Gasteiger partial charge is 0.493 e. The lowest BCUT2D eigenvalue weighted by atomic mass is 10.2. The first-order valence-electron chi connectivity index (χ1n) is 9.26. The quantitative estimate of drug-likeness (QED) is 0.453. The predicted molar refractivity (Wildman–Crippen MR) is 120 cm³/mol. The summed E-state index contributed by atoms with van der Waals surface area (Å²) in [6.45, 7) is 0. The molecule has 0 fully saturated rings. The van der Waals surface area contributed by atoms with Gasteiger partial charge in [-0.2, -0.15) is 0 Å². The zero-order valence-electron chi connectivity index (χ0n) is 17.2. The molecule has 2 aromatic carbocycles. The van der Waals surface area contributed by atoms with Crippen molar-refractivity contribution in [2.75, 3.05) is 30.5 Å². The van der Waals surface area contributed by atoms with Crippen LogP contribution in [0.3, 0.4) is 0 Å². The standard InChI is InChI=1S/C21H21N5O4S/c1-29-19-8-7-16(10-20(19)30-2)26-13-23-17-12-22-21(11-18(17)26)24-14-5-4-6-15(9-14)25-31(3,27)28/h4-13,25H,1-3H3,(H,22,24). The van der Waals surface area contributed by atoms with Crippen LogP contribution in [-0.2, 0) is 10.0 Å². The van der Waals surface area contributed by atoms with Crippen LogP contribution in [0, 0.1) is 0 Å². The Morgan fingerprint density at radius 1 is 0.935 bits per heavy atom. The number of sulfonamides is 1. The lowest BCUT2D eigenvalue weighted by Gasteiger charge is -2.11. The Kier molecular flexibility index (Phi) is 5.38. The van der Waals surface area contributed by atoms with E-state index in [9.17, 15) is 8.42 Å². The van der Waals surface area contributed by atoms with Crippen LogP contribution < -0.4 is 19.5 Å². The molecule has 4 rings (SSSR count). The van der Waals surface area contributed by atoms with Gasteiger partial charge in [-0.1, -0.05) is 6.07 Å². The number of methoxy groups -OCH3 is 2. The van der Waals surface area contributed by atoms with Gasteiger partial charge in [0.2, 0.25) is 10.0 Å². The SMILES string of the molecule is COc1ccc(-n2cnc3cnc(Nc4cccc(NS(C)(=O)=O)c4)cc32)cc1OC. The second-order valence-corrected chi connectivity index (χ2v) is 8.54. The van der Waals surface area contributed by atoms with Crippen molar-refractivity contribution in [2.45, 2.75) is 0 Å². The van der Waals surface area contributed by atoms with Crippen molar-refractivity contribution >= 4 is 38.2 Å². The summed E-state index contributed by atoms with van der Waals surface area (Å²) in [5.41, 5.74) is 3.58. The molecule has 2 heterocycles. The fourth-order valence-corrected chi connectivity index (χ4v) is 3.74. The van der Waals surface area contributed by atoms with Gasteiger partial charge in [0, 0.05) is 17.8 Å². The second kappa shape index (κ2) is 8.15. The van der Waals surface area contributed by atoms with Crippen molar-refractivity contribution in [3.8, 4) is 17.2 Å². The Bertz CT molecular complexity index is 1350. The maximum atomic E-state index is 11.5. The number of hydrogen-bond acceptors (Lipinski definition) is 7. The van der Waals surface area contributed by atoms with Crippen LogP contribution in [0.1, 0.15) is 0 Å². The third-order valence-electron chi connectivity index (χ3n) is 4.52. The Morgan fingerprint density at radius 3 is 2.45 bits per heavy atom. The molecule has 2 N–H and O–H groups in total. The molecule has 0 aliphatic rings. The monoisotopic (exact) mass is 439 g/mol. The summed E-state index contributed by atoms with van der Waals surface area (Å²) in [6, 6.07) is 14.4. The van der Waals surface area contributed by atoms with Crippen LogP contribution in [0.25, 0.3) is 16.7 Å². The van der Waals surface area contributed by atoms with Gasteiger partial charge in [-0.25, -0.2) is 18.4 Å². The average molecular weight is 439 g/mol. The van der Waals surface area contributed by atoms with Gasteiger partial charge >= 0.3 is 0 Å². The summed E-state index contributed by atoms with van der Waals surface area (Å²) < 4.78 is 38.0. The van der Waals surface area contributed by atoms with E-state index >= 15 is 0 Å². The highest BCUT2D eigenvalue weighted by molar-refractivity contribution is 7.92. The fourth-order valence-electron chi connectivity index (χ4n) is 3.18. The molecule has 4 aromatic rings. The van der Waals surface area contributed by atoms with E-state index in [1.807, 2.05) is 34.9 Å². The van der Waals surface area contributed by atoms with Crippen LogP contribution in [0.5, 0.6) is 11.5 Å². The second-order valence-electron chi connectivity index (χ2n) is 6.79. The molecule has 0 spiro atoms. The van der Waals surface area contributed by atoms with Crippen molar-refractivity contribution in [3.05, 3.63) is 61.1 Å². The normalized spacial score (nSPS) is 11.3. The van der Waals surface area contributed by atoms with E-state index in [1.165, 1.54) is 0 Å². The minimum atomic E-state index is -3.36. The highest BCUT2D eigenvalue weighted by Gasteiger charge is 2.11. The van der Waals surface area contributed by atoms with Gasteiger partial charge in [0.05, 0.1) is 43.6 Å². The Hall–Kier alpha value is -3.79. The number of rotatable bonds is 7. The highest BCUT2D eigenvalue weighted by atomic mass is 32.2. The molecule has 0 atom stereocenters. The van der Waals surface area contributed by atoms with E-state index in [0.717, 1.165) is 23.0 Å². The number of imidazole rings is 1. The van der Waals surface area contributed by atoms with Gasteiger partial charge in [-0.15, -0.1) is 0 Å². The molecule has 0 unspecified atom stereocenters. The van der Waals surface area contributed by atoms with E-state index in [0.29, 0.717) is 28.7 Å². The number of pyridine rings is 1. The molecule has 2 aromatic heterocycles. The molecule has 0 saturated carbocycles. The van der Waals surface area contributed by atoms with Crippen molar-refractivity contribution in [1.82, 2.24) is 14.5 Å². The van der Waals surface area contributed by atoms with Crippen molar-refractivity contribution in [3.63, 3.8) is 0 Å². The van der Waals surface area contributed by atoms with E-state index in [-0.39, 0.29) is 0 Å². The zero-order valence-corrected chi connectivity index (χ0v) is 18.0. The Morgan fingerprint density at radius 2 is 1.71 bits per heavy atom. The maximum absolute atomic E-state index is 11.5. The lowest BCUT2D eigenvalue weighted by molar-refractivity contribution is 0.355. The minimum Gasteiger partial charge on any atom is -0.493 e. The van der Waals surface area contributed by atoms with Gasteiger partial charge in [0.25, 0.3) is 0 Å². The number of benzene rings is 2. The summed E-state index contributed by atoms with van der Waals surface area (Å²) >= 11 is 0. The molecule has 160 valence electrons. The third-order valence-corrected chi connectivity index (χ3v) is 5.12. The molecule has 0 aliphatic heterocycles. The van der Waals surface area contributed by atoms with Crippen molar-refractivity contribution in [1.29, 1.82) is 0 Å². The molecular formula is C21H21N5O4S. The maximum Gasteiger partial charge on any atom is 0.229 e. The number of hydrogen-bond donors (Lipinski definition) is 2. The van der Waals surface area contributed by atoms with Crippen molar-refractivity contribution in [2.24, 2.45) is 0 Å². The van der Waals surface area contributed by atoms with E-state index in [2.05, 4.69) is 20.0 Å². The lowest BCUT2D eigenvalue weighted by Crippen LogP contribution is -2.09. The first-order valence-corrected chi connectivity index (χ1v) is 11.2. The molecular weight excluding hydrogens is 418 g/mol. The number of ether oxygens (including phenoxy) is 2. The van der Waals surface area contributed by atoms with Gasteiger partial charge < -0.3 is 14.8 Å². The van der Waals surface area contributed by atoms with Crippen LogP contribution in [0.4, 0.5) is 17.2 Å². The number of anilines is 3. The fraction of sp³-hybridized carbons (Fsp3) is 0.143. The number of aromatic nitrogens is 3. The summed E-state index contributed by atoms with van der Waals surface area (Å²) in [6.07, 6.45) is 4.50. The van der Waals surface area contributed by atoms with Gasteiger partial charge in [-0.3, -0.25) is 9.29 Å². The summed E-state index contributed by atoms with van der Waals surface area (Å²) in [5, 5.41) is 3.20. The van der Waals surface area contributed by atoms with Crippen LogP contribution in [0.2, 0.25) is 0 Å². The van der Waals surface area contributed by atoms with E-state index in [4.69, 9.17) is 9.47 Å². The molecule has 0 amide bonds. The van der Waals surface area contributed by atoms with Crippen LogP contribution in [0.15, 0.2) is 61.1 Å². The van der Waals surface area contributed by atoms with Crippen molar-refractivity contribution < 1.29 is 17.9 Å². The van der Waals surface area contributed by atoms with Gasteiger partial charge in [-0.05, 0) is 30.3 Å². The molecule has 10 heteroatoms. The topological polar surface area (TPSA) is 107 Å². The number of nitrogens with zero attached hydrogens (tertiary/aromatic N) is 3. The molecule has 0 bridgehead atoms. The number of fused-ring (bicyclic) bond motifs is 1. The summed E-state index contributed by atoms with van der Waals surface area (Å²) in [4.78, 5) is 8.82. The van der Waals surface area contributed by atoms with Crippen LogP contribution in [-0.4, -0.2) is 43.4 Å². The smallest absolute Gasteiger partial charge is 0.229 e.